The summed E-state index contributed by atoms with van der Waals surface area (Å²) in [7, 11) is 0. The Morgan fingerprint density at radius 1 is 1.30 bits per heavy atom. The Bertz CT molecular complexity index is 551. The van der Waals surface area contributed by atoms with Crippen LogP contribution in [0.5, 0.6) is 0 Å². The van der Waals surface area contributed by atoms with Gasteiger partial charge in [0, 0.05) is 38.1 Å². The van der Waals surface area contributed by atoms with E-state index in [1.165, 1.54) is 31.5 Å². The predicted molar refractivity (Wildman–Crippen MR) is 77.6 cm³/mol. The van der Waals surface area contributed by atoms with Crippen LogP contribution in [0.2, 0.25) is 0 Å². The summed E-state index contributed by atoms with van der Waals surface area (Å²) in [6.45, 7) is 4.02. The second-order valence-electron chi connectivity index (χ2n) is 6.09. The van der Waals surface area contributed by atoms with E-state index < -0.39 is 0 Å². The van der Waals surface area contributed by atoms with Gasteiger partial charge in [0.1, 0.15) is 5.65 Å². The molecule has 1 aliphatic heterocycles. The first kappa shape index (κ1) is 12.4. The summed E-state index contributed by atoms with van der Waals surface area (Å²) in [4.78, 5) is 7.34. The molecule has 4 rings (SSSR count). The zero-order chi connectivity index (χ0) is 13.4. The number of pyridine rings is 1. The van der Waals surface area contributed by atoms with E-state index in [1.54, 1.807) is 0 Å². The first-order valence-electron chi connectivity index (χ1n) is 7.63. The average molecular weight is 271 g/mol. The van der Waals surface area contributed by atoms with Crippen LogP contribution in [0.1, 0.15) is 25.0 Å². The number of hydrogen-bond acceptors (Lipinski definition) is 3. The van der Waals surface area contributed by atoms with Gasteiger partial charge >= 0.3 is 0 Å². The van der Waals surface area contributed by atoms with Gasteiger partial charge in [0.2, 0.25) is 0 Å². The normalized spacial score (nSPS) is 22.9. The molecule has 2 fully saturated rings. The minimum absolute atomic E-state index is 0.715. The highest BCUT2D eigenvalue weighted by Crippen LogP contribution is 2.30. The highest BCUT2D eigenvalue weighted by Gasteiger charge is 2.31. The molecular weight excluding hydrogens is 250 g/mol. The SMILES string of the molecule is c1ccn2cc(CN(C[C@@H]3CCOC3)C3CC3)nc2c1. The first-order chi connectivity index (χ1) is 9.88. The molecule has 2 aromatic heterocycles. The molecule has 0 bridgehead atoms. The molecule has 106 valence electrons. The predicted octanol–water partition coefficient (Wildman–Crippen LogP) is 2.34. The van der Waals surface area contributed by atoms with Crippen molar-refractivity contribution >= 4 is 5.65 Å². The van der Waals surface area contributed by atoms with Crippen LogP contribution in [0, 0.1) is 5.92 Å². The van der Waals surface area contributed by atoms with E-state index in [-0.39, 0.29) is 0 Å². The van der Waals surface area contributed by atoms with Crippen LogP contribution in [0.3, 0.4) is 0 Å². The van der Waals surface area contributed by atoms with Gasteiger partial charge in [-0.3, -0.25) is 4.90 Å². The minimum atomic E-state index is 0.715. The number of imidazole rings is 1. The molecule has 1 saturated carbocycles. The molecule has 2 aliphatic rings. The molecule has 1 saturated heterocycles. The summed E-state index contributed by atoms with van der Waals surface area (Å²) in [6.07, 6.45) is 8.14. The molecule has 4 nitrogen and oxygen atoms in total. The molecule has 0 aromatic carbocycles. The monoisotopic (exact) mass is 271 g/mol. The minimum Gasteiger partial charge on any atom is -0.381 e. The van der Waals surface area contributed by atoms with Crippen molar-refractivity contribution in [1.82, 2.24) is 14.3 Å². The molecule has 1 aliphatic carbocycles. The lowest BCUT2D eigenvalue weighted by Crippen LogP contribution is -2.31. The third kappa shape index (κ3) is 2.58. The molecular formula is C16H21N3O. The topological polar surface area (TPSA) is 29.8 Å². The fourth-order valence-electron chi connectivity index (χ4n) is 3.11. The fourth-order valence-corrected chi connectivity index (χ4v) is 3.11. The van der Waals surface area contributed by atoms with Gasteiger partial charge in [-0.15, -0.1) is 0 Å². The van der Waals surface area contributed by atoms with Crippen LogP contribution >= 0.6 is 0 Å². The zero-order valence-electron chi connectivity index (χ0n) is 11.7. The van der Waals surface area contributed by atoms with E-state index in [4.69, 9.17) is 9.72 Å². The van der Waals surface area contributed by atoms with Crippen molar-refractivity contribution in [2.75, 3.05) is 19.8 Å². The van der Waals surface area contributed by atoms with Crippen molar-refractivity contribution in [3.63, 3.8) is 0 Å². The van der Waals surface area contributed by atoms with Crippen molar-refractivity contribution in [3.8, 4) is 0 Å². The third-order valence-electron chi connectivity index (χ3n) is 4.36. The second kappa shape index (κ2) is 5.19. The number of fused-ring (bicyclic) bond motifs is 1. The molecule has 3 heterocycles. The van der Waals surface area contributed by atoms with E-state index >= 15 is 0 Å². The Labute approximate surface area is 119 Å². The van der Waals surface area contributed by atoms with E-state index in [1.807, 2.05) is 12.1 Å². The van der Waals surface area contributed by atoms with Crippen molar-refractivity contribution in [2.24, 2.45) is 5.92 Å². The Balaban J connectivity index is 1.49. The number of aromatic nitrogens is 2. The maximum atomic E-state index is 5.51. The number of hydrogen-bond donors (Lipinski definition) is 0. The summed E-state index contributed by atoms with van der Waals surface area (Å²) in [6, 6.07) is 6.93. The third-order valence-corrected chi connectivity index (χ3v) is 4.36. The van der Waals surface area contributed by atoms with Crippen LogP contribution in [0.25, 0.3) is 5.65 Å². The summed E-state index contributed by atoms with van der Waals surface area (Å²) in [5.41, 5.74) is 2.23. The van der Waals surface area contributed by atoms with Crippen LogP contribution in [-0.4, -0.2) is 40.1 Å². The number of nitrogens with zero attached hydrogens (tertiary/aromatic N) is 3. The van der Waals surface area contributed by atoms with E-state index in [0.29, 0.717) is 5.92 Å². The van der Waals surface area contributed by atoms with Gasteiger partial charge < -0.3 is 9.14 Å². The zero-order valence-corrected chi connectivity index (χ0v) is 11.7. The van der Waals surface area contributed by atoms with Gasteiger partial charge in [-0.1, -0.05) is 6.07 Å². The van der Waals surface area contributed by atoms with Gasteiger partial charge in [-0.2, -0.15) is 0 Å². The number of ether oxygens (including phenoxy) is 1. The van der Waals surface area contributed by atoms with Gasteiger partial charge in [0.05, 0.1) is 12.3 Å². The summed E-state index contributed by atoms with van der Waals surface area (Å²) >= 11 is 0. The van der Waals surface area contributed by atoms with Gasteiger partial charge in [-0.25, -0.2) is 4.98 Å². The van der Waals surface area contributed by atoms with E-state index in [9.17, 15) is 0 Å². The van der Waals surface area contributed by atoms with Crippen LogP contribution in [0.15, 0.2) is 30.6 Å². The van der Waals surface area contributed by atoms with E-state index in [2.05, 4.69) is 27.8 Å². The highest BCUT2D eigenvalue weighted by atomic mass is 16.5. The van der Waals surface area contributed by atoms with Crippen molar-refractivity contribution < 1.29 is 4.74 Å². The quantitative estimate of drug-likeness (QED) is 0.836. The number of rotatable bonds is 5. The van der Waals surface area contributed by atoms with Gasteiger partial charge in [0.15, 0.2) is 0 Å². The summed E-state index contributed by atoms with van der Waals surface area (Å²) < 4.78 is 7.62. The Kier molecular flexibility index (Phi) is 3.20. The first-order valence-corrected chi connectivity index (χ1v) is 7.63. The maximum Gasteiger partial charge on any atom is 0.137 e. The Morgan fingerprint density at radius 2 is 2.25 bits per heavy atom. The highest BCUT2D eigenvalue weighted by molar-refractivity contribution is 5.39. The largest absolute Gasteiger partial charge is 0.381 e. The van der Waals surface area contributed by atoms with Crippen LogP contribution in [-0.2, 0) is 11.3 Å². The van der Waals surface area contributed by atoms with Crippen LogP contribution in [0.4, 0.5) is 0 Å². The second-order valence-corrected chi connectivity index (χ2v) is 6.09. The van der Waals surface area contributed by atoms with Gasteiger partial charge in [-0.05, 0) is 37.3 Å². The lowest BCUT2D eigenvalue weighted by Gasteiger charge is -2.23. The van der Waals surface area contributed by atoms with Crippen molar-refractivity contribution in [2.45, 2.75) is 31.8 Å². The summed E-state index contributed by atoms with van der Waals surface area (Å²) in [5, 5.41) is 0. The van der Waals surface area contributed by atoms with Crippen molar-refractivity contribution in [3.05, 3.63) is 36.3 Å². The van der Waals surface area contributed by atoms with E-state index in [0.717, 1.165) is 31.4 Å². The molecule has 0 spiro atoms. The molecule has 0 amide bonds. The lowest BCUT2D eigenvalue weighted by molar-refractivity contribution is 0.161. The smallest absolute Gasteiger partial charge is 0.137 e. The molecule has 20 heavy (non-hydrogen) atoms. The Morgan fingerprint density at radius 3 is 3.00 bits per heavy atom. The lowest BCUT2D eigenvalue weighted by atomic mass is 10.1. The maximum absolute atomic E-state index is 5.51. The fraction of sp³-hybridized carbons (Fsp3) is 0.562. The van der Waals surface area contributed by atoms with Crippen molar-refractivity contribution in [1.29, 1.82) is 0 Å². The summed E-state index contributed by atoms with van der Waals surface area (Å²) in [5.74, 6) is 0.715. The molecule has 2 aromatic rings. The average Bonchev–Trinajstić information content (AvgIpc) is 3.03. The standard InChI is InChI=1S/C16H21N3O/c1-2-7-18-10-14(17-16(18)3-1)11-19(15-4-5-15)9-13-6-8-20-12-13/h1-3,7,10,13,15H,4-6,8-9,11-12H2/t13-/m0/s1. The molecule has 0 unspecified atom stereocenters. The molecule has 1 atom stereocenters. The molecule has 4 heteroatoms. The van der Waals surface area contributed by atoms with Crippen LogP contribution < -0.4 is 0 Å². The van der Waals surface area contributed by atoms with Gasteiger partial charge in [0.25, 0.3) is 0 Å². The molecule has 0 N–H and O–H groups in total. The molecule has 0 radical (unpaired) electrons. The Hall–Kier alpha value is -1.39.